The summed E-state index contributed by atoms with van der Waals surface area (Å²) in [5, 5.41) is 24.1. The van der Waals surface area contributed by atoms with Crippen molar-refractivity contribution in [2.75, 3.05) is 0 Å². The van der Waals surface area contributed by atoms with Crippen molar-refractivity contribution in [2.45, 2.75) is 18.5 Å². The summed E-state index contributed by atoms with van der Waals surface area (Å²) in [4.78, 5) is 0. The molecule has 1 aliphatic heterocycles. The molecule has 3 atom stereocenters. The zero-order valence-corrected chi connectivity index (χ0v) is 24.9. The molecule has 6 heteroatoms. The molecule has 0 radical (unpaired) electrons. The van der Waals surface area contributed by atoms with E-state index in [1.807, 2.05) is 36.4 Å². The number of aromatic nitrogens is 1. The molecule has 220 valence electrons. The van der Waals surface area contributed by atoms with Crippen molar-refractivity contribution in [1.82, 2.24) is 15.2 Å². The minimum absolute atomic E-state index is 0.0292. The molecule has 0 amide bonds. The second-order valence-corrected chi connectivity index (χ2v) is 11.9. The molecule has 9 rings (SSSR count). The molecule has 2 aromatic heterocycles. The van der Waals surface area contributed by atoms with Crippen molar-refractivity contribution in [2.24, 2.45) is 0 Å². The average molecular weight is 597 g/mol. The van der Waals surface area contributed by atoms with Crippen LogP contribution in [0.15, 0.2) is 144 Å². The van der Waals surface area contributed by atoms with Crippen molar-refractivity contribution < 1.29 is 9.73 Å². The Hall–Kier alpha value is -5.71. The molecule has 0 spiro atoms. The van der Waals surface area contributed by atoms with Crippen LogP contribution in [0, 0.1) is 11.3 Å². The summed E-state index contributed by atoms with van der Waals surface area (Å²) in [6.07, 6.45) is -0.120. The van der Waals surface area contributed by atoms with Gasteiger partial charge in [0.15, 0.2) is 17.9 Å². The Balaban J connectivity index is 1.15. The Morgan fingerprint density at radius 1 is 0.609 bits per heavy atom. The van der Waals surface area contributed by atoms with Crippen LogP contribution >= 0.6 is 0 Å². The van der Waals surface area contributed by atoms with Gasteiger partial charge < -0.3 is 14.3 Å². The number of rotatable bonds is 4. The summed E-state index contributed by atoms with van der Waals surface area (Å²) in [6, 6.07) is 50.7. The van der Waals surface area contributed by atoms with Crippen LogP contribution in [-0.4, -0.2) is 4.57 Å². The highest BCUT2D eigenvalue weighted by Crippen LogP contribution is 2.40. The van der Waals surface area contributed by atoms with Gasteiger partial charge in [0.05, 0.1) is 28.8 Å². The second kappa shape index (κ2) is 10.7. The first kappa shape index (κ1) is 26.7. The third-order valence-corrected chi connectivity index (χ3v) is 9.27. The Morgan fingerprint density at radius 3 is 2.13 bits per heavy atom. The van der Waals surface area contributed by atoms with Crippen LogP contribution in [0.25, 0.3) is 49.4 Å². The number of para-hydroxylation sites is 2. The predicted molar refractivity (Wildman–Crippen MR) is 182 cm³/mol. The first-order valence-electron chi connectivity index (χ1n) is 15.6. The maximum atomic E-state index is 9.55. The van der Waals surface area contributed by atoms with E-state index in [1.165, 1.54) is 16.3 Å². The minimum Gasteiger partial charge on any atom is -0.454 e. The topological polar surface area (TPSA) is 82.5 Å². The molecule has 8 aromatic rings. The van der Waals surface area contributed by atoms with Gasteiger partial charge in [-0.15, -0.1) is 0 Å². The van der Waals surface area contributed by atoms with Crippen LogP contribution in [0.3, 0.4) is 0 Å². The van der Waals surface area contributed by atoms with Crippen LogP contribution in [-0.2, 0) is 0 Å². The van der Waals surface area contributed by atoms with E-state index < -0.39 is 0 Å². The van der Waals surface area contributed by atoms with Crippen molar-refractivity contribution in [3.63, 3.8) is 0 Å². The van der Waals surface area contributed by atoms with Gasteiger partial charge in [0.25, 0.3) is 0 Å². The maximum Gasteiger partial charge on any atom is 0.169 e. The van der Waals surface area contributed by atoms with Crippen molar-refractivity contribution >= 4 is 43.7 Å². The monoisotopic (exact) mass is 596 g/mol. The van der Waals surface area contributed by atoms with Crippen molar-refractivity contribution in [3.05, 3.63) is 162 Å². The molecule has 0 saturated carbocycles. The fraction of sp³-hybridized carbons (Fsp3) is 0.0750. The van der Waals surface area contributed by atoms with Gasteiger partial charge in [-0.2, -0.15) is 5.26 Å². The number of nitrogens with two attached hydrogens (primary N) is 1. The van der Waals surface area contributed by atoms with Crippen LogP contribution in [0.1, 0.15) is 40.8 Å². The lowest BCUT2D eigenvalue weighted by Crippen LogP contribution is -2.94. The lowest BCUT2D eigenvalue weighted by molar-refractivity contribution is -0.755. The smallest absolute Gasteiger partial charge is 0.169 e. The summed E-state index contributed by atoms with van der Waals surface area (Å²) >= 11 is 0. The van der Waals surface area contributed by atoms with Gasteiger partial charge in [0.1, 0.15) is 5.58 Å². The van der Waals surface area contributed by atoms with Crippen LogP contribution in [0.5, 0.6) is 0 Å². The molecule has 4 N–H and O–H groups in total. The van der Waals surface area contributed by atoms with E-state index in [0.717, 1.165) is 49.8 Å². The van der Waals surface area contributed by atoms with Crippen LogP contribution in [0.2, 0.25) is 0 Å². The van der Waals surface area contributed by atoms with Crippen molar-refractivity contribution in [3.8, 4) is 11.8 Å². The van der Waals surface area contributed by atoms with E-state index in [0.29, 0.717) is 5.56 Å². The third-order valence-electron chi connectivity index (χ3n) is 9.27. The van der Waals surface area contributed by atoms with Crippen LogP contribution in [0.4, 0.5) is 0 Å². The number of nitriles is 1. The quantitative estimate of drug-likeness (QED) is 0.194. The molecule has 1 saturated heterocycles. The number of quaternary nitrogens is 1. The lowest BCUT2D eigenvalue weighted by atomic mass is 10.0. The zero-order chi connectivity index (χ0) is 30.6. The van der Waals surface area contributed by atoms with Gasteiger partial charge >= 0.3 is 0 Å². The molecule has 6 nitrogen and oxygen atoms in total. The summed E-state index contributed by atoms with van der Waals surface area (Å²) in [7, 11) is 0. The van der Waals surface area contributed by atoms with Crippen molar-refractivity contribution in [1.29, 1.82) is 5.26 Å². The Kier molecular flexibility index (Phi) is 6.22. The molecule has 6 aromatic carbocycles. The number of fused-ring (bicyclic) bond motifs is 7. The van der Waals surface area contributed by atoms with Gasteiger partial charge in [-0.25, -0.2) is 10.6 Å². The fourth-order valence-corrected chi connectivity index (χ4v) is 7.09. The summed E-state index contributed by atoms with van der Waals surface area (Å²) < 4.78 is 8.87. The fourth-order valence-electron chi connectivity index (χ4n) is 7.09. The summed E-state index contributed by atoms with van der Waals surface area (Å²) in [6.45, 7) is 0. The Bertz CT molecular complexity index is 2440. The Labute approximate surface area is 265 Å². The molecule has 1 fully saturated rings. The molecule has 0 bridgehead atoms. The summed E-state index contributed by atoms with van der Waals surface area (Å²) in [5.41, 5.74) is 9.15. The first-order chi connectivity index (χ1) is 22.7. The van der Waals surface area contributed by atoms with E-state index in [2.05, 4.69) is 130 Å². The SMILES string of the molecule is N#Cc1cccc(C2NC(c3ccc(-n4c5ccccc5c5ccc6c7ccccc7oc6c54)cc3)NC(c3ccccc3)[NH2+]2)c1. The number of hydrogen-bond acceptors (Lipinski definition) is 4. The van der Waals surface area contributed by atoms with Gasteiger partial charge in [-0.3, -0.25) is 0 Å². The molecule has 0 aliphatic carbocycles. The van der Waals surface area contributed by atoms with E-state index >= 15 is 0 Å². The van der Waals surface area contributed by atoms with E-state index in [-0.39, 0.29) is 18.5 Å². The van der Waals surface area contributed by atoms with Gasteiger partial charge in [-0.05, 0) is 48.0 Å². The number of nitrogens with one attached hydrogen (secondary N) is 2. The van der Waals surface area contributed by atoms with E-state index in [1.54, 1.807) is 0 Å². The standard InChI is InChI=1S/C40H29N5O/c41-24-25-9-8-12-28(23-25)40-43-38(26-10-2-1-3-11-26)42-39(44-40)27-17-19-29(20-18-27)45-34-15-6-4-13-30(34)32-21-22-33-31-14-5-7-16-35(31)46-37(33)36(32)45/h1-23,38-40,42-44H/p+1. The highest BCUT2D eigenvalue weighted by molar-refractivity contribution is 6.21. The highest BCUT2D eigenvalue weighted by atomic mass is 16.3. The number of furan rings is 1. The zero-order valence-electron chi connectivity index (χ0n) is 24.9. The van der Waals surface area contributed by atoms with Gasteiger partial charge in [-0.1, -0.05) is 97.1 Å². The molecule has 46 heavy (non-hydrogen) atoms. The van der Waals surface area contributed by atoms with Gasteiger partial charge in [0, 0.05) is 38.4 Å². The average Bonchev–Trinajstić information content (AvgIpc) is 3.68. The summed E-state index contributed by atoms with van der Waals surface area (Å²) in [5.74, 6) is 0. The molecule has 3 unspecified atom stereocenters. The van der Waals surface area contributed by atoms with Gasteiger partial charge in [0.2, 0.25) is 0 Å². The lowest BCUT2D eigenvalue weighted by Gasteiger charge is -2.36. The number of benzene rings is 6. The first-order valence-corrected chi connectivity index (χ1v) is 15.6. The normalized spacial score (nSPS) is 18.4. The predicted octanol–water partition coefficient (Wildman–Crippen LogP) is 7.71. The van der Waals surface area contributed by atoms with E-state index in [9.17, 15) is 5.26 Å². The number of hydrogen-bond donors (Lipinski definition) is 3. The molecular weight excluding hydrogens is 566 g/mol. The number of nitrogens with zero attached hydrogens (tertiary/aromatic N) is 2. The molecule has 3 heterocycles. The third kappa shape index (κ3) is 4.30. The maximum absolute atomic E-state index is 9.55. The molecule has 1 aliphatic rings. The largest absolute Gasteiger partial charge is 0.454 e. The molecular formula is C40H30N5O+. The van der Waals surface area contributed by atoms with E-state index in [4.69, 9.17) is 4.42 Å². The Morgan fingerprint density at radius 2 is 1.30 bits per heavy atom. The highest BCUT2D eigenvalue weighted by Gasteiger charge is 2.33. The minimum atomic E-state index is -0.111. The second-order valence-electron chi connectivity index (χ2n) is 11.9. The van der Waals surface area contributed by atoms with Crippen LogP contribution < -0.4 is 16.0 Å².